The highest BCUT2D eigenvalue weighted by molar-refractivity contribution is 6.07. The van der Waals surface area contributed by atoms with Crippen molar-refractivity contribution in [2.45, 2.75) is 32.4 Å². The van der Waals surface area contributed by atoms with Gasteiger partial charge in [-0.1, -0.05) is 19.1 Å². The Morgan fingerprint density at radius 3 is 2.77 bits per heavy atom. The van der Waals surface area contributed by atoms with Crippen molar-refractivity contribution in [2.24, 2.45) is 5.92 Å². The van der Waals surface area contributed by atoms with Crippen molar-refractivity contribution in [3.8, 4) is 0 Å². The molecule has 0 aliphatic heterocycles. The van der Waals surface area contributed by atoms with E-state index < -0.39 is 31.1 Å². The van der Waals surface area contributed by atoms with Gasteiger partial charge in [0.15, 0.2) is 0 Å². The van der Waals surface area contributed by atoms with E-state index in [1.165, 1.54) is 5.56 Å². The Labute approximate surface area is 148 Å². The number of hydrogen-bond donors (Lipinski definition) is 3. The summed E-state index contributed by atoms with van der Waals surface area (Å²) in [6.45, 7) is 0.263. The standard InChI is InChI=1S/C18H20F3N3O2/c1-10-5-6-14-13(7-10)11-3-2-4-12(16(11)24-14)17(26)22-8-15(25)23-9-18(19,20)21/h2-4,10,24H,5-9H2,1H3,(H,22,26)(H,23,25)/t10-/m1/s1. The summed E-state index contributed by atoms with van der Waals surface area (Å²) in [5.41, 5.74) is 3.44. The molecule has 8 heteroatoms. The summed E-state index contributed by atoms with van der Waals surface area (Å²) < 4.78 is 36.3. The molecule has 0 spiro atoms. The van der Waals surface area contributed by atoms with Gasteiger partial charge >= 0.3 is 6.18 Å². The summed E-state index contributed by atoms with van der Waals surface area (Å²) in [7, 11) is 0. The number of aryl methyl sites for hydroxylation is 1. The molecule has 2 amide bonds. The number of nitrogens with one attached hydrogen (secondary N) is 3. The lowest BCUT2D eigenvalue weighted by atomic mass is 9.87. The Kier molecular flexibility index (Phi) is 4.93. The lowest BCUT2D eigenvalue weighted by Crippen LogP contribution is -2.40. The summed E-state index contributed by atoms with van der Waals surface area (Å²) in [6, 6.07) is 5.36. The maximum absolute atomic E-state index is 12.4. The zero-order valence-corrected chi connectivity index (χ0v) is 14.3. The second kappa shape index (κ2) is 7.01. The number of halogens is 3. The van der Waals surface area contributed by atoms with E-state index in [9.17, 15) is 22.8 Å². The number of hydrogen-bond acceptors (Lipinski definition) is 2. The van der Waals surface area contributed by atoms with E-state index in [4.69, 9.17) is 0 Å². The molecule has 1 aliphatic rings. The highest BCUT2D eigenvalue weighted by Crippen LogP contribution is 2.32. The number of amides is 2. The second-order valence-electron chi connectivity index (χ2n) is 6.73. The van der Waals surface area contributed by atoms with Gasteiger partial charge in [-0.15, -0.1) is 0 Å². The number of aromatic amines is 1. The van der Waals surface area contributed by atoms with Crippen molar-refractivity contribution in [3.05, 3.63) is 35.0 Å². The molecule has 140 valence electrons. The minimum atomic E-state index is -4.48. The van der Waals surface area contributed by atoms with Gasteiger partial charge in [-0.3, -0.25) is 9.59 Å². The van der Waals surface area contributed by atoms with Gasteiger partial charge in [0.05, 0.1) is 17.6 Å². The molecule has 3 rings (SSSR count). The fourth-order valence-electron chi connectivity index (χ4n) is 3.32. The molecule has 0 bridgehead atoms. The smallest absolute Gasteiger partial charge is 0.358 e. The van der Waals surface area contributed by atoms with Crippen LogP contribution in [0.3, 0.4) is 0 Å². The average molecular weight is 367 g/mol. The quantitative estimate of drug-likeness (QED) is 0.777. The third kappa shape index (κ3) is 4.00. The first-order chi connectivity index (χ1) is 12.2. The lowest BCUT2D eigenvalue weighted by molar-refractivity contribution is -0.137. The molecule has 5 nitrogen and oxygen atoms in total. The van der Waals surface area contributed by atoms with Crippen LogP contribution in [0.15, 0.2) is 18.2 Å². The van der Waals surface area contributed by atoms with E-state index in [-0.39, 0.29) is 0 Å². The Morgan fingerprint density at radius 1 is 1.27 bits per heavy atom. The molecule has 1 aliphatic carbocycles. The molecule has 26 heavy (non-hydrogen) atoms. The summed E-state index contributed by atoms with van der Waals surface area (Å²) >= 11 is 0. The summed E-state index contributed by atoms with van der Waals surface area (Å²) in [5, 5.41) is 5.09. The number of aromatic nitrogens is 1. The number of para-hydroxylation sites is 1. The van der Waals surface area contributed by atoms with Crippen LogP contribution < -0.4 is 10.6 Å². The normalized spacial score (nSPS) is 17.0. The summed E-state index contributed by atoms with van der Waals surface area (Å²) in [6.07, 6.45) is -1.53. The molecule has 1 atom stereocenters. The van der Waals surface area contributed by atoms with Crippen molar-refractivity contribution >= 4 is 22.7 Å². The minimum absolute atomic E-state index is 0.383. The van der Waals surface area contributed by atoms with E-state index in [2.05, 4.69) is 17.2 Å². The first-order valence-electron chi connectivity index (χ1n) is 8.48. The maximum atomic E-state index is 12.4. The van der Waals surface area contributed by atoms with Gasteiger partial charge in [-0.2, -0.15) is 13.2 Å². The molecule has 3 N–H and O–H groups in total. The monoisotopic (exact) mass is 367 g/mol. The fraction of sp³-hybridized carbons (Fsp3) is 0.444. The third-order valence-electron chi connectivity index (χ3n) is 4.61. The van der Waals surface area contributed by atoms with E-state index >= 15 is 0 Å². The molecule has 0 saturated heterocycles. The molecule has 1 aromatic carbocycles. The Bertz CT molecular complexity index is 842. The largest absolute Gasteiger partial charge is 0.405 e. The Hall–Kier alpha value is -2.51. The summed E-state index contributed by atoms with van der Waals surface area (Å²) in [4.78, 5) is 27.2. The molecule has 1 aromatic heterocycles. The van der Waals surface area contributed by atoms with Gasteiger partial charge in [0, 0.05) is 11.1 Å². The van der Waals surface area contributed by atoms with Crippen molar-refractivity contribution in [1.82, 2.24) is 15.6 Å². The fourth-order valence-corrected chi connectivity index (χ4v) is 3.32. The van der Waals surface area contributed by atoms with Crippen molar-refractivity contribution < 1.29 is 22.8 Å². The van der Waals surface area contributed by atoms with Gasteiger partial charge in [0.1, 0.15) is 6.54 Å². The van der Waals surface area contributed by atoms with Crippen LogP contribution in [0.4, 0.5) is 13.2 Å². The Balaban J connectivity index is 1.72. The van der Waals surface area contributed by atoms with E-state index in [0.717, 1.165) is 30.3 Å². The van der Waals surface area contributed by atoms with E-state index in [1.807, 2.05) is 6.07 Å². The van der Waals surface area contributed by atoms with Crippen molar-refractivity contribution in [2.75, 3.05) is 13.1 Å². The van der Waals surface area contributed by atoms with Crippen LogP contribution in [0.5, 0.6) is 0 Å². The van der Waals surface area contributed by atoms with E-state index in [1.54, 1.807) is 17.4 Å². The van der Waals surface area contributed by atoms with Crippen LogP contribution in [-0.2, 0) is 17.6 Å². The predicted molar refractivity (Wildman–Crippen MR) is 90.9 cm³/mol. The third-order valence-corrected chi connectivity index (χ3v) is 4.61. The molecule has 0 saturated carbocycles. The first-order valence-corrected chi connectivity index (χ1v) is 8.48. The molecule has 2 aromatic rings. The predicted octanol–water partition coefficient (Wildman–Crippen LogP) is 2.70. The van der Waals surface area contributed by atoms with Crippen LogP contribution in [0, 0.1) is 5.92 Å². The highest BCUT2D eigenvalue weighted by Gasteiger charge is 2.28. The average Bonchev–Trinajstić information content (AvgIpc) is 2.95. The number of benzene rings is 1. The minimum Gasteiger partial charge on any atom is -0.358 e. The molecule has 1 heterocycles. The second-order valence-corrected chi connectivity index (χ2v) is 6.73. The highest BCUT2D eigenvalue weighted by atomic mass is 19.4. The maximum Gasteiger partial charge on any atom is 0.405 e. The number of alkyl halides is 3. The van der Waals surface area contributed by atoms with E-state index in [0.29, 0.717) is 17.0 Å². The molecular formula is C18H20F3N3O2. The van der Waals surface area contributed by atoms with Crippen LogP contribution in [-0.4, -0.2) is 36.1 Å². The SMILES string of the molecule is C[C@@H]1CCc2[nH]c3c(C(=O)NCC(=O)NCC(F)(F)F)cccc3c2C1. The van der Waals surface area contributed by atoms with Crippen LogP contribution in [0.25, 0.3) is 10.9 Å². The first kappa shape index (κ1) is 18.3. The van der Waals surface area contributed by atoms with Crippen LogP contribution in [0.1, 0.15) is 35.0 Å². The van der Waals surface area contributed by atoms with Gasteiger partial charge in [0.25, 0.3) is 5.91 Å². The van der Waals surface area contributed by atoms with Crippen molar-refractivity contribution in [1.29, 1.82) is 0 Å². The van der Waals surface area contributed by atoms with Gasteiger partial charge in [0.2, 0.25) is 5.91 Å². The zero-order chi connectivity index (χ0) is 18.9. The molecule has 0 radical (unpaired) electrons. The van der Waals surface area contributed by atoms with Gasteiger partial charge < -0.3 is 15.6 Å². The number of carbonyl (C=O) groups is 2. The van der Waals surface area contributed by atoms with Gasteiger partial charge in [-0.05, 0) is 36.8 Å². The number of carbonyl (C=O) groups excluding carboxylic acids is 2. The lowest BCUT2D eigenvalue weighted by Gasteiger charge is -2.17. The molecular weight excluding hydrogens is 347 g/mol. The van der Waals surface area contributed by atoms with Crippen molar-refractivity contribution in [3.63, 3.8) is 0 Å². The number of rotatable bonds is 4. The molecule has 0 fully saturated rings. The molecule has 0 unspecified atom stereocenters. The van der Waals surface area contributed by atoms with Crippen LogP contribution >= 0.6 is 0 Å². The zero-order valence-electron chi connectivity index (χ0n) is 14.3. The Morgan fingerprint density at radius 2 is 2.04 bits per heavy atom. The number of H-pyrrole nitrogens is 1. The summed E-state index contributed by atoms with van der Waals surface area (Å²) in [5.74, 6) is -0.803. The topological polar surface area (TPSA) is 74.0 Å². The van der Waals surface area contributed by atoms with Gasteiger partial charge in [-0.25, -0.2) is 0 Å². The van der Waals surface area contributed by atoms with Crippen LogP contribution in [0.2, 0.25) is 0 Å². The number of fused-ring (bicyclic) bond motifs is 3.